The second-order valence-corrected chi connectivity index (χ2v) is 6.24. The molecule has 2 aromatic rings. The molecule has 1 aromatic carbocycles. The van der Waals surface area contributed by atoms with Crippen molar-refractivity contribution in [2.24, 2.45) is 7.05 Å². The molecule has 0 saturated heterocycles. The summed E-state index contributed by atoms with van der Waals surface area (Å²) in [6.45, 7) is 6.25. The van der Waals surface area contributed by atoms with Crippen molar-refractivity contribution in [2.75, 3.05) is 6.54 Å². The van der Waals surface area contributed by atoms with E-state index in [0.29, 0.717) is 12.4 Å². The Morgan fingerprint density at radius 1 is 1.35 bits per heavy atom. The smallest absolute Gasteiger partial charge is 0.315 e. The molecule has 0 radical (unpaired) electrons. The summed E-state index contributed by atoms with van der Waals surface area (Å²) in [4.78, 5) is 12.1. The average Bonchev–Trinajstić information content (AvgIpc) is 2.92. The van der Waals surface area contributed by atoms with Gasteiger partial charge in [0.1, 0.15) is 12.1 Å². The molecule has 6 nitrogen and oxygen atoms in total. The van der Waals surface area contributed by atoms with Gasteiger partial charge in [0.2, 0.25) is 0 Å². The number of benzene rings is 1. The Balaban J connectivity index is 1.90. The lowest BCUT2D eigenvalue weighted by atomic mass is 9.84. The minimum Gasteiger partial charge on any atom is -0.337 e. The monoisotopic (exact) mass is 319 g/mol. The molecule has 1 unspecified atom stereocenters. The highest BCUT2D eigenvalue weighted by Gasteiger charge is 2.22. The second kappa shape index (κ2) is 6.76. The molecule has 23 heavy (non-hydrogen) atoms. The van der Waals surface area contributed by atoms with Crippen LogP contribution in [0.2, 0.25) is 0 Å². The molecule has 0 spiro atoms. The molecule has 1 atom stereocenters. The molecule has 1 aromatic heterocycles. The Labute approximate surface area is 135 Å². The van der Waals surface area contributed by atoms with Gasteiger partial charge in [0.05, 0.1) is 6.04 Å². The molecule has 2 amide bonds. The van der Waals surface area contributed by atoms with Crippen LogP contribution in [0.4, 0.5) is 9.18 Å². The molecular weight excluding hydrogens is 297 g/mol. The topological polar surface area (TPSA) is 71.8 Å². The lowest BCUT2D eigenvalue weighted by Crippen LogP contribution is -2.43. The fourth-order valence-corrected chi connectivity index (χ4v) is 2.30. The van der Waals surface area contributed by atoms with E-state index in [1.165, 1.54) is 12.1 Å². The number of amides is 2. The van der Waals surface area contributed by atoms with Crippen molar-refractivity contribution in [2.45, 2.75) is 32.2 Å². The summed E-state index contributed by atoms with van der Waals surface area (Å²) in [7, 11) is 1.82. The Bertz CT molecular complexity index is 665. The molecule has 2 rings (SSSR count). The largest absolute Gasteiger partial charge is 0.337 e. The summed E-state index contributed by atoms with van der Waals surface area (Å²) >= 11 is 0. The molecule has 1 heterocycles. The first-order valence-electron chi connectivity index (χ1n) is 7.44. The summed E-state index contributed by atoms with van der Waals surface area (Å²) in [5, 5.41) is 13.4. The van der Waals surface area contributed by atoms with Crippen molar-refractivity contribution < 1.29 is 9.18 Å². The number of nitrogens with one attached hydrogen (secondary N) is 2. The van der Waals surface area contributed by atoms with Gasteiger partial charge in [-0.05, 0) is 24.6 Å². The van der Waals surface area contributed by atoms with Crippen LogP contribution in [0.5, 0.6) is 0 Å². The zero-order valence-electron chi connectivity index (χ0n) is 13.8. The third-order valence-corrected chi connectivity index (χ3v) is 3.80. The van der Waals surface area contributed by atoms with Crippen LogP contribution in [-0.2, 0) is 12.5 Å². The molecular formula is C16H22FN5O. The first-order chi connectivity index (χ1) is 10.8. The van der Waals surface area contributed by atoms with Crippen LogP contribution < -0.4 is 10.6 Å². The van der Waals surface area contributed by atoms with Crippen molar-refractivity contribution in [3.63, 3.8) is 0 Å². The Kier molecular flexibility index (Phi) is 4.98. The van der Waals surface area contributed by atoms with Crippen molar-refractivity contribution in [3.05, 3.63) is 47.8 Å². The van der Waals surface area contributed by atoms with Crippen LogP contribution in [0.15, 0.2) is 30.6 Å². The van der Waals surface area contributed by atoms with Gasteiger partial charge in [-0.1, -0.05) is 26.0 Å². The first kappa shape index (κ1) is 16.9. The fraction of sp³-hybridized carbons (Fsp3) is 0.438. The van der Waals surface area contributed by atoms with E-state index in [1.807, 2.05) is 27.8 Å². The van der Waals surface area contributed by atoms with Crippen LogP contribution in [-0.4, -0.2) is 27.3 Å². The minimum absolute atomic E-state index is 0.253. The molecule has 0 aliphatic rings. The van der Waals surface area contributed by atoms with Gasteiger partial charge in [-0.3, -0.25) is 0 Å². The maximum Gasteiger partial charge on any atom is 0.315 e. The number of halogens is 1. The van der Waals surface area contributed by atoms with E-state index in [1.54, 1.807) is 23.0 Å². The zero-order chi connectivity index (χ0) is 17.0. The third kappa shape index (κ3) is 4.28. The number of hydrogen-bond acceptors (Lipinski definition) is 3. The summed E-state index contributed by atoms with van der Waals surface area (Å²) < 4.78 is 14.8. The SMILES string of the molecule is CC(NC(=O)NCC(C)(C)c1ccc(F)cc1)c1nncn1C. The van der Waals surface area contributed by atoms with Crippen LogP contribution in [0.3, 0.4) is 0 Å². The number of rotatable bonds is 5. The molecule has 0 aliphatic heterocycles. The van der Waals surface area contributed by atoms with Gasteiger partial charge in [-0.25, -0.2) is 9.18 Å². The van der Waals surface area contributed by atoms with Crippen LogP contribution in [0.25, 0.3) is 0 Å². The molecule has 124 valence electrons. The maximum absolute atomic E-state index is 13.0. The predicted octanol–water partition coefficient (Wildman–Crippen LogP) is 2.29. The molecule has 0 saturated carbocycles. The second-order valence-electron chi connectivity index (χ2n) is 6.24. The first-order valence-corrected chi connectivity index (χ1v) is 7.44. The van der Waals surface area contributed by atoms with Gasteiger partial charge in [-0.2, -0.15) is 0 Å². The quantitative estimate of drug-likeness (QED) is 0.888. The van der Waals surface area contributed by atoms with Gasteiger partial charge < -0.3 is 15.2 Å². The molecule has 2 N–H and O–H groups in total. The maximum atomic E-state index is 13.0. The Morgan fingerprint density at radius 2 is 2.00 bits per heavy atom. The fourth-order valence-electron chi connectivity index (χ4n) is 2.30. The van der Waals surface area contributed by atoms with E-state index in [-0.39, 0.29) is 23.3 Å². The van der Waals surface area contributed by atoms with E-state index in [2.05, 4.69) is 20.8 Å². The lowest BCUT2D eigenvalue weighted by molar-refractivity contribution is 0.234. The summed E-state index contributed by atoms with van der Waals surface area (Å²) in [5.41, 5.74) is 0.652. The standard InChI is InChI=1S/C16H22FN5O/c1-11(14-21-19-10-22(14)4)20-15(23)18-9-16(2,3)12-5-7-13(17)8-6-12/h5-8,10-11H,9H2,1-4H3,(H2,18,20,23). The summed E-state index contributed by atoms with van der Waals surface area (Å²) in [6, 6.07) is 5.78. The summed E-state index contributed by atoms with van der Waals surface area (Å²) in [6.07, 6.45) is 1.59. The number of aryl methyl sites for hydroxylation is 1. The molecule has 0 bridgehead atoms. The number of nitrogens with zero attached hydrogens (tertiary/aromatic N) is 3. The molecule has 7 heteroatoms. The van der Waals surface area contributed by atoms with Gasteiger partial charge in [0.25, 0.3) is 0 Å². The van der Waals surface area contributed by atoms with Crippen LogP contribution in [0, 0.1) is 5.82 Å². The van der Waals surface area contributed by atoms with Crippen LogP contribution in [0.1, 0.15) is 38.2 Å². The minimum atomic E-state index is -0.306. The Morgan fingerprint density at radius 3 is 2.57 bits per heavy atom. The van der Waals surface area contributed by atoms with Crippen molar-refractivity contribution in [1.82, 2.24) is 25.4 Å². The highest BCUT2D eigenvalue weighted by Crippen LogP contribution is 2.22. The average molecular weight is 319 g/mol. The number of carbonyl (C=O) groups excluding carboxylic acids is 1. The Hall–Kier alpha value is -2.44. The van der Waals surface area contributed by atoms with E-state index >= 15 is 0 Å². The normalized spacial score (nSPS) is 12.7. The number of hydrogen-bond donors (Lipinski definition) is 2. The predicted molar refractivity (Wildman–Crippen MR) is 85.4 cm³/mol. The van der Waals surface area contributed by atoms with E-state index in [4.69, 9.17) is 0 Å². The van der Waals surface area contributed by atoms with Gasteiger partial charge in [0.15, 0.2) is 5.82 Å². The van der Waals surface area contributed by atoms with Crippen molar-refractivity contribution in [3.8, 4) is 0 Å². The van der Waals surface area contributed by atoms with E-state index < -0.39 is 0 Å². The zero-order valence-corrected chi connectivity index (χ0v) is 13.8. The molecule has 0 fully saturated rings. The highest BCUT2D eigenvalue weighted by atomic mass is 19.1. The van der Waals surface area contributed by atoms with E-state index in [9.17, 15) is 9.18 Å². The van der Waals surface area contributed by atoms with Gasteiger partial charge in [-0.15, -0.1) is 10.2 Å². The number of carbonyl (C=O) groups is 1. The summed E-state index contributed by atoms with van der Waals surface area (Å²) in [5.74, 6) is 0.408. The third-order valence-electron chi connectivity index (χ3n) is 3.80. The lowest BCUT2D eigenvalue weighted by Gasteiger charge is -2.26. The van der Waals surface area contributed by atoms with Gasteiger partial charge >= 0.3 is 6.03 Å². The van der Waals surface area contributed by atoms with Crippen molar-refractivity contribution in [1.29, 1.82) is 0 Å². The number of aromatic nitrogens is 3. The molecule has 0 aliphatic carbocycles. The van der Waals surface area contributed by atoms with E-state index in [0.717, 1.165) is 5.56 Å². The van der Waals surface area contributed by atoms with Crippen LogP contribution >= 0.6 is 0 Å². The van der Waals surface area contributed by atoms with Crippen molar-refractivity contribution >= 4 is 6.03 Å². The number of urea groups is 1. The van der Waals surface area contributed by atoms with Gasteiger partial charge in [0, 0.05) is 19.0 Å². The highest BCUT2D eigenvalue weighted by molar-refractivity contribution is 5.74.